The molecule has 1 fully saturated rings. The lowest BCUT2D eigenvalue weighted by molar-refractivity contribution is -0.140. The maximum atomic E-state index is 14.1. The van der Waals surface area contributed by atoms with Gasteiger partial charge in [0.1, 0.15) is 0 Å². The summed E-state index contributed by atoms with van der Waals surface area (Å²) in [6, 6.07) is 25.6. The number of benzene rings is 3. The van der Waals surface area contributed by atoms with Gasteiger partial charge in [-0.05, 0) is 55.5 Å². The molecule has 5 rings (SSSR count). The molecule has 6 nitrogen and oxygen atoms in total. The first-order chi connectivity index (χ1) is 18.4. The summed E-state index contributed by atoms with van der Waals surface area (Å²) in [6.07, 6.45) is 1.18. The molecule has 0 aromatic heterocycles. The van der Waals surface area contributed by atoms with Crippen LogP contribution in [0.25, 0.3) is 5.76 Å². The Hall–Kier alpha value is -4.19. The second-order valence-corrected chi connectivity index (χ2v) is 10.3. The lowest BCUT2D eigenvalue weighted by Crippen LogP contribution is -2.53. The number of carbonyl (C=O) groups excluding carboxylic acids is 2. The van der Waals surface area contributed by atoms with E-state index in [2.05, 4.69) is 36.0 Å². The van der Waals surface area contributed by atoms with Crippen molar-refractivity contribution in [2.45, 2.75) is 45.2 Å². The Bertz CT molecular complexity index is 1340. The minimum Gasteiger partial charge on any atom is -0.357 e. The Labute approximate surface area is 224 Å². The smallest absolute Gasteiger partial charge is 0.253 e. The van der Waals surface area contributed by atoms with Crippen LogP contribution < -0.4 is 0 Å². The van der Waals surface area contributed by atoms with Gasteiger partial charge in [0.15, 0.2) is 5.76 Å². The van der Waals surface area contributed by atoms with Gasteiger partial charge in [0.25, 0.3) is 5.91 Å². The Morgan fingerprint density at radius 1 is 0.789 bits per heavy atom. The molecule has 0 spiro atoms. The van der Waals surface area contributed by atoms with Crippen molar-refractivity contribution < 1.29 is 14.4 Å². The predicted octanol–water partition coefficient (Wildman–Crippen LogP) is 5.79. The van der Waals surface area contributed by atoms with Gasteiger partial charge in [0.05, 0.1) is 11.1 Å². The van der Waals surface area contributed by atoms with E-state index in [4.69, 9.17) is 4.84 Å². The van der Waals surface area contributed by atoms with Crippen molar-refractivity contribution in [3.05, 3.63) is 113 Å². The van der Waals surface area contributed by atoms with E-state index in [1.165, 1.54) is 11.1 Å². The van der Waals surface area contributed by atoms with Crippen molar-refractivity contribution in [3.63, 3.8) is 0 Å². The SMILES string of the molecule is C=C(ON=C(C)C)c1ccc(C(=O)N2CCC(C(=O)N3Cc4ccccc4C3)(c3ccccc3)CC2)cc1. The first-order valence-corrected chi connectivity index (χ1v) is 13.1. The number of amides is 2. The summed E-state index contributed by atoms with van der Waals surface area (Å²) < 4.78 is 0. The molecule has 0 radical (unpaired) electrons. The second-order valence-electron chi connectivity index (χ2n) is 10.3. The van der Waals surface area contributed by atoms with Gasteiger partial charge < -0.3 is 14.6 Å². The van der Waals surface area contributed by atoms with E-state index >= 15 is 0 Å². The fourth-order valence-corrected chi connectivity index (χ4v) is 5.43. The molecule has 3 aromatic rings. The Morgan fingerprint density at radius 2 is 1.34 bits per heavy atom. The first-order valence-electron chi connectivity index (χ1n) is 13.1. The number of nitrogens with zero attached hydrogens (tertiary/aromatic N) is 3. The third-order valence-electron chi connectivity index (χ3n) is 7.56. The Kier molecular flexibility index (Phi) is 7.14. The standard InChI is InChI=1S/C32H33N3O3/c1-23(2)33-38-24(3)25-13-15-26(16-14-25)30(36)34-19-17-32(18-20-34,29-11-5-4-6-12-29)31(37)35-21-27-9-7-8-10-28(27)22-35/h4-16H,3,17-22H2,1-2H3. The van der Waals surface area contributed by atoms with Gasteiger partial charge in [-0.25, -0.2) is 0 Å². The molecule has 2 aliphatic rings. The second kappa shape index (κ2) is 10.7. The van der Waals surface area contributed by atoms with Crippen LogP contribution in [0.2, 0.25) is 0 Å². The van der Waals surface area contributed by atoms with Gasteiger partial charge in [-0.2, -0.15) is 0 Å². The summed E-state index contributed by atoms with van der Waals surface area (Å²) in [5, 5.41) is 3.94. The summed E-state index contributed by atoms with van der Waals surface area (Å²) in [5.74, 6) is 0.548. The number of carbonyl (C=O) groups is 2. The Morgan fingerprint density at radius 3 is 1.92 bits per heavy atom. The van der Waals surface area contributed by atoms with E-state index in [0.29, 0.717) is 50.3 Å². The number of oxime groups is 1. The molecule has 6 heteroatoms. The molecule has 0 atom stereocenters. The van der Waals surface area contributed by atoms with Crippen molar-refractivity contribution in [2.75, 3.05) is 13.1 Å². The van der Waals surface area contributed by atoms with Crippen LogP contribution in [0.15, 0.2) is 90.6 Å². The quantitative estimate of drug-likeness (QED) is 0.241. The zero-order valence-electron chi connectivity index (χ0n) is 22.0. The summed E-state index contributed by atoms with van der Waals surface area (Å²) in [7, 11) is 0. The minimum absolute atomic E-state index is 0.0341. The number of hydrogen-bond acceptors (Lipinski definition) is 4. The summed E-state index contributed by atoms with van der Waals surface area (Å²) in [5.41, 5.74) is 4.98. The predicted molar refractivity (Wildman–Crippen MR) is 149 cm³/mol. The van der Waals surface area contributed by atoms with E-state index < -0.39 is 5.41 Å². The van der Waals surface area contributed by atoms with Gasteiger partial charge in [-0.15, -0.1) is 0 Å². The summed E-state index contributed by atoms with van der Waals surface area (Å²) >= 11 is 0. The maximum absolute atomic E-state index is 14.1. The van der Waals surface area contributed by atoms with Crippen LogP contribution in [-0.4, -0.2) is 40.4 Å². The number of hydrogen-bond donors (Lipinski definition) is 0. The highest BCUT2D eigenvalue weighted by Crippen LogP contribution is 2.40. The average Bonchev–Trinajstić information content (AvgIpc) is 3.40. The monoisotopic (exact) mass is 507 g/mol. The normalized spacial score (nSPS) is 15.9. The molecule has 0 bridgehead atoms. The van der Waals surface area contributed by atoms with Gasteiger partial charge in [0, 0.05) is 37.3 Å². The highest BCUT2D eigenvalue weighted by Gasteiger charge is 2.46. The number of piperidine rings is 1. The minimum atomic E-state index is -0.642. The third-order valence-corrected chi connectivity index (χ3v) is 7.56. The van der Waals surface area contributed by atoms with Crippen molar-refractivity contribution >= 4 is 23.3 Å². The maximum Gasteiger partial charge on any atom is 0.253 e. The van der Waals surface area contributed by atoms with Crippen molar-refractivity contribution in [1.29, 1.82) is 0 Å². The van der Waals surface area contributed by atoms with Gasteiger partial charge in [-0.1, -0.05) is 78.5 Å². The van der Waals surface area contributed by atoms with Crippen LogP contribution in [0.1, 0.15) is 59.3 Å². The van der Waals surface area contributed by atoms with E-state index in [0.717, 1.165) is 16.8 Å². The zero-order valence-corrected chi connectivity index (χ0v) is 22.0. The molecule has 3 aromatic carbocycles. The molecule has 1 saturated heterocycles. The molecule has 0 saturated carbocycles. The van der Waals surface area contributed by atoms with Crippen LogP contribution in [0, 0.1) is 0 Å². The van der Waals surface area contributed by atoms with Gasteiger partial charge in [0.2, 0.25) is 5.91 Å². The van der Waals surface area contributed by atoms with Crippen LogP contribution in [0.3, 0.4) is 0 Å². The largest absolute Gasteiger partial charge is 0.357 e. The molecule has 194 valence electrons. The molecule has 0 aliphatic carbocycles. The lowest BCUT2D eigenvalue weighted by Gasteiger charge is -2.43. The third kappa shape index (κ3) is 4.99. The number of rotatable bonds is 6. The van der Waals surface area contributed by atoms with Crippen LogP contribution in [0.5, 0.6) is 0 Å². The highest BCUT2D eigenvalue weighted by atomic mass is 16.6. The Balaban J connectivity index is 1.31. The molecular weight excluding hydrogens is 474 g/mol. The average molecular weight is 508 g/mol. The van der Waals surface area contributed by atoms with Crippen molar-refractivity contribution in [2.24, 2.45) is 5.16 Å². The van der Waals surface area contributed by atoms with E-state index in [1.807, 2.05) is 66.1 Å². The zero-order chi connectivity index (χ0) is 26.7. The molecule has 2 heterocycles. The van der Waals surface area contributed by atoms with Crippen LogP contribution in [0.4, 0.5) is 0 Å². The fourth-order valence-electron chi connectivity index (χ4n) is 5.43. The number of likely N-dealkylation sites (tertiary alicyclic amines) is 1. The molecule has 2 aliphatic heterocycles. The molecular formula is C32H33N3O3. The van der Waals surface area contributed by atoms with Crippen LogP contribution in [-0.2, 0) is 28.1 Å². The molecule has 38 heavy (non-hydrogen) atoms. The van der Waals surface area contributed by atoms with E-state index in [9.17, 15) is 9.59 Å². The number of fused-ring (bicyclic) bond motifs is 1. The lowest BCUT2D eigenvalue weighted by atomic mass is 9.71. The van der Waals surface area contributed by atoms with Crippen molar-refractivity contribution in [3.8, 4) is 0 Å². The van der Waals surface area contributed by atoms with Gasteiger partial charge >= 0.3 is 0 Å². The molecule has 0 unspecified atom stereocenters. The van der Waals surface area contributed by atoms with E-state index in [1.54, 1.807) is 12.1 Å². The first kappa shape index (κ1) is 25.5. The molecule has 2 amide bonds. The summed E-state index contributed by atoms with van der Waals surface area (Å²) in [4.78, 5) is 36.7. The van der Waals surface area contributed by atoms with Gasteiger partial charge in [-0.3, -0.25) is 9.59 Å². The topological polar surface area (TPSA) is 62.2 Å². The van der Waals surface area contributed by atoms with E-state index in [-0.39, 0.29) is 11.8 Å². The highest BCUT2D eigenvalue weighted by molar-refractivity contribution is 5.95. The fraction of sp³-hybridized carbons (Fsp3) is 0.281. The molecule has 0 N–H and O–H groups in total. The van der Waals surface area contributed by atoms with Crippen molar-refractivity contribution in [1.82, 2.24) is 9.80 Å². The summed E-state index contributed by atoms with van der Waals surface area (Å²) in [6.45, 7) is 9.90. The van der Waals surface area contributed by atoms with Crippen LogP contribution >= 0.6 is 0 Å².